The van der Waals surface area contributed by atoms with Crippen LogP contribution in [-0.4, -0.2) is 59.4 Å². The maximum atomic E-state index is 12.9. The van der Waals surface area contributed by atoms with Crippen molar-refractivity contribution in [2.75, 3.05) is 7.05 Å². The molecule has 0 saturated carbocycles. The van der Waals surface area contributed by atoms with Crippen LogP contribution in [0, 0.1) is 17.8 Å². The molecule has 2 aliphatic heterocycles. The fraction of sp³-hybridized carbons (Fsp3) is 0.733. The zero-order valence-electron chi connectivity index (χ0n) is 23.5. The molecule has 0 aliphatic carbocycles. The third-order valence-electron chi connectivity index (χ3n) is 7.67. The van der Waals surface area contributed by atoms with Crippen molar-refractivity contribution < 1.29 is 24.2 Å². The van der Waals surface area contributed by atoms with E-state index < -0.39 is 0 Å². The third kappa shape index (κ3) is 9.51. The van der Waals surface area contributed by atoms with Gasteiger partial charge in [-0.25, -0.2) is 0 Å². The summed E-state index contributed by atoms with van der Waals surface area (Å²) in [5.41, 5.74) is 1.12. The van der Waals surface area contributed by atoms with E-state index in [0.29, 0.717) is 12.3 Å². The Hall–Kier alpha value is -1.92. The number of carbonyl (C=O) groups is 2. The van der Waals surface area contributed by atoms with Gasteiger partial charge in [-0.2, -0.15) is 0 Å². The number of hydrogen-bond acceptors (Lipinski definition) is 5. The highest BCUT2D eigenvalue weighted by Crippen LogP contribution is 2.36. The Morgan fingerprint density at radius 1 is 1.25 bits per heavy atom. The summed E-state index contributed by atoms with van der Waals surface area (Å²) in [5.74, 6) is 0.505. The third-order valence-corrected chi connectivity index (χ3v) is 7.67. The van der Waals surface area contributed by atoms with Gasteiger partial charge < -0.3 is 19.5 Å². The molecule has 2 rings (SSSR count). The fourth-order valence-corrected chi connectivity index (χ4v) is 5.35. The number of carbonyl (C=O) groups excluding carboxylic acids is 2. The lowest BCUT2D eigenvalue weighted by Crippen LogP contribution is -2.41. The van der Waals surface area contributed by atoms with Gasteiger partial charge in [0.15, 0.2) is 0 Å². The first kappa shape index (κ1) is 30.3. The van der Waals surface area contributed by atoms with Gasteiger partial charge in [0.1, 0.15) is 6.10 Å². The minimum absolute atomic E-state index is 0.0707. The van der Waals surface area contributed by atoms with Crippen molar-refractivity contribution in [2.45, 2.75) is 117 Å². The standard InChI is InChI=1S/C30H49NO5/c1-8-26(33)23(5)30-27(36-30)19-20(2)13-12-14-21(3)29-22(4)17-18-25(35-24(6)32)15-10-9-11-16-28(34)31(29)7/h12-14,17-18,20,22-23,25-27,29-30,33H,8-11,15-16,19H2,1-7H3/b13-12+,18-17+,21-14+/t20-,22+,23-,25?,26+,27-,29?,30-/m1/s1. The Morgan fingerprint density at radius 3 is 2.64 bits per heavy atom. The van der Waals surface area contributed by atoms with Crippen LogP contribution in [0.3, 0.4) is 0 Å². The maximum Gasteiger partial charge on any atom is 0.303 e. The quantitative estimate of drug-likeness (QED) is 0.192. The van der Waals surface area contributed by atoms with Crippen molar-refractivity contribution >= 4 is 11.9 Å². The van der Waals surface area contributed by atoms with Gasteiger partial charge in [0, 0.05) is 26.3 Å². The van der Waals surface area contributed by atoms with Crippen LogP contribution >= 0.6 is 0 Å². The molecule has 0 radical (unpaired) electrons. The van der Waals surface area contributed by atoms with Gasteiger partial charge in [0.2, 0.25) is 5.91 Å². The van der Waals surface area contributed by atoms with E-state index in [2.05, 4.69) is 52.0 Å². The highest BCUT2D eigenvalue weighted by Gasteiger charge is 2.44. The van der Waals surface area contributed by atoms with E-state index in [1.54, 1.807) is 0 Å². The average Bonchev–Trinajstić information content (AvgIpc) is 3.58. The first-order chi connectivity index (χ1) is 17.0. The number of likely N-dealkylation sites (N-methyl/N-ethyl adjacent to an activating group) is 1. The molecule has 2 unspecified atom stereocenters. The smallest absolute Gasteiger partial charge is 0.303 e. The number of nitrogens with zero attached hydrogens (tertiary/aromatic N) is 1. The van der Waals surface area contributed by atoms with Crippen molar-refractivity contribution in [3.63, 3.8) is 0 Å². The maximum absolute atomic E-state index is 12.9. The number of allylic oxidation sites excluding steroid dienone is 3. The molecule has 0 spiro atoms. The van der Waals surface area contributed by atoms with E-state index in [-0.39, 0.29) is 54.2 Å². The Morgan fingerprint density at radius 2 is 1.97 bits per heavy atom. The lowest BCUT2D eigenvalue weighted by Gasteiger charge is -2.33. The molecule has 0 bridgehead atoms. The van der Waals surface area contributed by atoms with Crippen molar-refractivity contribution in [1.82, 2.24) is 4.90 Å². The molecule has 1 saturated heterocycles. The molecule has 0 aromatic carbocycles. The monoisotopic (exact) mass is 503 g/mol. The van der Waals surface area contributed by atoms with E-state index in [1.807, 2.05) is 24.9 Å². The fourth-order valence-electron chi connectivity index (χ4n) is 5.35. The molecule has 204 valence electrons. The molecule has 0 aromatic rings. The molecular weight excluding hydrogens is 454 g/mol. The molecule has 1 fully saturated rings. The number of epoxide rings is 1. The second kappa shape index (κ2) is 14.7. The van der Waals surface area contributed by atoms with Crippen LogP contribution in [-0.2, 0) is 19.1 Å². The predicted molar refractivity (Wildman–Crippen MR) is 144 cm³/mol. The summed E-state index contributed by atoms with van der Waals surface area (Å²) in [6.07, 6.45) is 16.1. The van der Waals surface area contributed by atoms with E-state index >= 15 is 0 Å². The van der Waals surface area contributed by atoms with E-state index in [4.69, 9.17) is 9.47 Å². The molecule has 1 amide bonds. The number of hydrogen-bond donors (Lipinski definition) is 1. The minimum atomic E-state index is -0.303. The summed E-state index contributed by atoms with van der Waals surface area (Å²) in [6, 6.07) is -0.0707. The zero-order chi connectivity index (χ0) is 26.8. The van der Waals surface area contributed by atoms with Gasteiger partial charge in [-0.05, 0) is 56.9 Å². The summed E-state index contributed by atoms with van der Waals surface area (Å²) >= 11 is 0. The van der Waals surface area contributed by atoms with Gasteiger partial charge in [-0.15, -0.1) is 0 Å². The van der Waals surface area contributed by atoms with Crippen LogP contribution in [0.2, 0.25) is 0 Å². The van der Waals surface area contributed by atoms with Gasteiger partial charge in [0.05, 0.1) is 24.4 Å². The lowest BCUT2D eigenvalue weighted by atomic mass is 9.91. The summed E-state index contributed by atoms with van der Waals surface area (Å²) in [7, 11) is 1.90. The molecule has 6 heteroatoms. The lowest BCUT2D eigenvalue weighted by molar-refractivity contribution is -0.144. The van der Waals surface area contributed by atoms with Crippen molar-refractivity contribution in [3.05, 3.63) is 36.0 Å². The first-order valence-corrected chi connectivity index (χ1v) is 13.8. The predicted octanol–water partition coefficient (Wildman–Crippen LogP) is 5.60. The average molecular weight is 504 g/mol. The summed E-state index contributed by atoms with van der Waals surface area (Å²) < 4.78 is 11.3. The van der Waals surface area contributed by atoms with Crippen LogP contribution in [0.1, 0.15) is 86.5 Å². The molecule has 2 aliphatic rings. The van der Waals surface area contributed by atoms with Gasteiger partial charge >= 0.3 is 5.97 Å². The zero-order valence-corrected chi connectivity index (χ0v) is 23.5. The number of amides is 1. The topological polar surface area (TPSA) is 79.4 Å². The molecule has 36 heavy (non-hydrogen) atoms. The van der Waals surface area contributed by atoms with E-state index in [1.165, 1.54) is 6.92 Å². The molecule has 1 N–H and O–H groups in total. The van der Waals surface area contributed by atoms with Gasteiger partial charge in [-0.1, -0.05) is 64.0 Å². The molecule has 8 atom stereocenters. The largest absolute Gasteiger partial charge is 0.458 e. The normalized spacial score (nSPS) is 31.8. The summed E-state index contributed by atoms with van der Waals surface area (Å²) in [4.78, 5) is 26.3. The number of rotatable bonds is 9. The highest BCUT2D eigenvalue weighted by molar-refractivity contribution is 5.76. The number of esters is 1. The second-order valence-corrected chi connectivity index (χ2v) is 10.9. The highest BCUT2D eigenvalue weighted by atomic mass is 16.6. The minimum Gasteiger partial charge on any atom is -0.458 e. The second-order valence-electron chi connectivity index (χ2n) is 10.9. The number of aliphatic hydroxyl groups is 1. The summed E-state index contributed by atoms with van der Waals surface area (Å²) in [5, 5.41) is 10.1. The Bertz CT molecular complexity index is 803. The van der Waals surface area contributed by atoms with Crippen molar-refractivity contribution in [2.24, 2.45) is 17.8 Å². The van der Waals surface area contributed by atoms with Crippen LogP contribution in [0.4, 0.5) is 0 Å². The Labute approximate surface area is 218 Å². The Kier molecular flexibility index (Phi) is 12.4. The number of aliphatic hydroxyl groups excluding tert-OH is 1. The van der Waals surface area contributed by atoms with Crippen molar-refractivity contribution in [1.29, 1.82) is 0 Å². The van der Waals surface area contributed by atoms with Gasteiger partial charge in [-0.3, -0.25) is 9.59 Å². The van der Waals surface area contributed by atoms with Crippen LogP contribution in [0.15, 0.2) is 36.0 Å². The first-order valence-electron chi connectivity index (χ1n) is 13.8. The molecule has 2 heterocycles. The summed E-state index contributed by atoms with van der Waals surface area (Å²) in [6.45, 7) is 11.9. The molecule has 0 aromatic heterocycles. The Balaban J connectivity index is 2.07. The van der Waals surface area contributed by atoms with E-state index in [9.17, 15) is 14.7 Å². The van der Waals surface area contributed by atoms with Gasteiger partial charge in [0.25, 0.3) is 0 Å². The number of ether oxygens (including phenoxy) is 2. The van der Waals surface area contributed by atoms with Crippen LogP contribution in [0.5, 0.6) is 0 Å². The van der Waals surface area contributed by atoms with Crippen LogP contribution in [0.25, 0.3) is 0 Å². The van der Waals surface area contributed by atoms with E-state index in [0.717, 1.165) is 44.1 Å². The van der Waals surface area contributed by atoms with Crippen molar-refractivity contribution in [3.8, 4) is 0 Å². The SMILES string of the molecule is CC[C@H](O)[C@@H](C)[C@H]1O[C@@H]1C[C@H](C)/C=C/C=C(\C)C1[C@@H](C)/C=C/C(OC(C)=O)CCCCCC(=O)N1C. The van der Waals surface area contributed by atoms with Crippen LogP contribution < -0.4 is 0 Å². The molecule has 6 nitrogen and oxygen atoms in total. The molecular formula is C30H49NO5.